The molecule has 1 aromatic heterocycles. The molecule has 0 amide bonds. The Balaban J connectivity index is 2.08. The largest absolute Gasteiger partial charge is 0.419 e. The molecule has 0 spiro atoms. The minimum Gasteiger partial charge on any atom is -0.408 e. The van der Waals surface area contributed by atoms with E-state index in [0.29, 0.717) is 22.2 Å². The van der Waals surface area contributed by atoms with Gasteiger partial charge in [0.2, 0.25) is 0 Å². The molecule has 1 heterocycles. The van der Waals surface area contributed by atoms with E-state index in [2.05, 4.69) is 0 Å². The van der Waals surface area contributed by atoms with Crippen molar-refractivity contribution in [2.24, 2.45) is 7.05 Å². The highest BCUT2D eigenvalue weighted by Crippen LogP contribution is 2.17. The fourth-order valence-electron chi connectivity index (χ4n) is 2.15. The van der Waals surface area contributed by atoms with Crippen molar-refractivity contribution < 1.29 is 9.21 Å². The molecule has 100 valence electrons. The molecular weight excluding hydrogens is 254 g/mol. The summed E-state index contributed by atoms with van der Waals surface area (Å²) in [5.74, 6) is -0.515. The van der Waals surface area contributed by atoms with E-state index >= 15 is 0 Å². The molecule has 0 aliphatic heterocycles. The lowest BCUT2D eigenvalue weighted by Gasteiger charge is -2.02. The summed E-state index contributed by atoms with van der Waals surface area (Å²) in [7, 11) is 1.63. The zero-order valence-electron chi connectivity index (χ0n) is 11.2. The second-order valence-corrected chi connectivity index (χ2v) is 4.80. The molecule has 0 aliphatic carbocycles. The lowest BCUT2D eigenvalue weighted by atomic mass is 10.0. The number of hydrogen-bond donors (Lipinski definition) is 0. The fourth-order valence-corrected chi connectivity index (χ4v) is 2.15. The maximum absolute atomic E-state index is 12.4. The maximum Gasteiger partial charge on any atom is 0.419 e. The number of carbonyl (C=O) groups is 1. The van der Waals surface area contributed by atoms with Crippen molar-refractivity contribution in [2.45, 2.75) is 6.92 Å². The van der Waals surface area contributed by atoms with Crippen LogP contribution in [0.5, 0.6) is 0 Å². The quantitative estimate of drug-likeness (QED) is 0.671. The molecule has 0 N–H and O–H groups in total. The third-order valence-corrected chi connectivity index (χ3v) is 3.37. The highest BCUT2D eigenvalue weighted by molar-refractivity contribution is 6.10. The molecule has 0 unspecified atom stereocenters. The number of oxazole rings is 1. The van der Waals surface area contributed by atoms with E-state index in [1.807, 2.05) is 19.1 Å². The molecular formula is C16H13NO3. The Bertz CT molecular complexity index is 854. The number of ketones is 1. The van der Waals surface area contributed by atoms with Gasteiger partial charge in [-0.1, -0.05) is 29.8 Å². The minimum absolute atomic E-state index is 0.0848. The Labute approximate surface area is 115 Å². The molecule has 0 aliphatic rings. The Morgan fingerprint density at radius 3 is 2.40 bits per heavy atom. The van der Waals surface area contributed by atoms with E-state index in [9.17, 15) is 9.59 Å². The van der Waals surface area contributed by atoms with Gasteiger partial charge in [-0.3, -0.25) is 9.36 Å². The lowest BCUT2D eigenvalue weighted by Crippen LogP contribution is -2.08. The van der Waals surface area contributed by atoms with Gasteiger partial charge in [-0.25, -0.2) is 4.79 Å². The molecule has 0 radical (unpaired) electrons. The number of aryl methyl sites for hydroxylation is 2. The standard InChI is InChI=1S/C16H13NO3/c1-10-3-5-11(6-4-10)15(18)12-7-8-13-14(9-12)20-16(19)17(13)2/h3-9H,1-2H3. The highest BCUT2D eigenvalue weighted by Gasteiger charge is 2.12. The first-order chi connectivity index (χ1) is 9.56. The maximum atomic E-state index is 12.4. The second kappa shape index (κ2) is 4.49. The summed E-state index contributed by atoms with van der Waals surface area (Å²) in [5, 5.41) is 0. The van der Waals surface area contributed by atoms with Gasteiger partial charge in [-0.2, -0.15) is 0 Å². The van der Waals surface area contributed by atoms with Crippen molar-refractivity contribution >= 4 is 16.9 Å². The van der Waals surface area contributed by atoms with Gasteiger partial charge in [0.15, 0.2) is 11.4 Å². The third-order valence-electron chi connectivity index (χ3n) is 3.37. The second-order valence-electron chi connectivity index (χ2n) is 4.80. The molecule has 4 nitrogen and oxygen atoms in total. The van der Waals surface area contributed by atoms with Crippen molar-refractivity contribution in [1.82, 2.24) is 4.57 Å². The number of aromatic nitrogens is 1. The van der Waals surface area contributed by atoms with Crippen LogP contribution in [0.15, 0.2) is 51.7 Å². The van der Waals surface area contributed by atoms with Crippen molar-refractivity contribution in [1.29, 1.82) is 0 Å². The summed E-state index contributed by atoms with van der Waals surface area (Å²) in [5.41, 5.74) is 3.33. The zero-order chi connectivity index (χ0) is 14.3. The van der Waals surface area contributed by atoms with E-state index in [4.69, 9.17) is 4.42 Å². The average Bonchev–Trinajstić information content (AvgIpc) is 2.74. The molecule has 0 atom stereocenters. The number of fused-ring (bicyclic) bond motifs is 1. The SMILES string of the molecule is Cc1ccc(C(=O)c2ccc3c(c2)oc(=O)n3C)cc1. The molecule has 0 bridgehead atoms. The number of benzene rings is 2. The van der Waals surface area contributed by atoms with Crippen LogP contribution in [0.4, 0.5) is 0 Å². The van der Waals surface area contributed by atoms with Gasteiger partial charge in [0.25, 0.3) is 0 Å². The summed E-state index contributed by atoms with van der Waals surface area (Å²) in [6.45, 7) is 1.97. The highest BCUT2D eigenvalue weighted by atomic mass is 16.4. The molecule has 2 aromatic carbocycles. The topological polar surface area (TPSA) is 52.2 Å². The molecule has 0 saturated heterocycles. The normalized spacial score (nSPS) is 10.9. The van der Waals surface area contributed by atoms with Gasteiger partial charge < -0.3 is 4.42 Å². The Morgan fingerprint density at radius 1 is 1.05 bits per heavy atom. The van der Waals surface area contributed by atoms with Crippen LogP contribution in [0.25, 0.3) is 11.1 Å². The first-order valence-corrected chi connectivity index (χ1v) is 6.27. The van der Waals surface area contributed by atoms with E-state index in [1.165, 1.54) is 4.57 Å². The van der Waals surface area contributed by atoms with Gasteiger partial charge in [0, 0.05) is 18.2 Å². The van der Waals surface area contributed by atoms with Crippen LogP contribution < -0.4 is 5.76 Å². The first-order valence-electron chi connectivity index (χ1n) is 6.27. The summed E-state index contributed by atoms with van der Waals surface area (Å²) in [4.78, 5) is 23.8. The van der Waals surface area contributed by atoms with Crippen molar-refractivity contribution in [2.75, 3.05) is 0 Å². The van der Waals surface area contributed by atoms with Crippen LogP contribution in [-0.4, -0.2) is 10.4 Å². The van der Waals surface area contributed by atoms with E-state index in [1.54, 1.807) is 37.4 Å². The van der Waals surface area contributed by atoms with Crippen LogP contribution in [0.1, 0.15) is 21.5 Å². The smallest absolute Gasteiger partial charge is 0.408 e. The molecule has 0 fully saturated rings. The van der Waals surface area contributed by atoms with Crippen LogP contribution in [0.3, 0.4) is 0 Å². The summed E-state index contributed by atoms with van der Waals surface area (Å²) < 4.78 is 6.51. The summed E-state index contributed by atoms with van der Waals surface area (Å²) in [6.07, 6.45) is 0. The Hall–Kier alpha value is -2.62. The van der Waals surface area contributed by atoms with Crippen LogP contribution in [-0.2, 0) is 7.05 Å². The predicted molar refractivity (Wildman–Crippen MR) is 76.1 cm³/mol. The zero-order valence-corrected chi connectivity index (χ0v) is 11.2. The molecule has 20 heavy (non-hydrogen) atoms. The summed E-state index contributed by atoms with van der Waals surface area (Å²) in [6, 6.07) is 12.4. The number of hydrogen-bond acceptors (Lipinski definition) is 3. The molecule has 3 aromatic rings. The third kappa shape index (κ3) is 1.95. The van der Waals surface area contributed by atoms with Gasteiger partial charge in [0.05, 0.1) is 5.52 Å². The first kappa shape index (κ1) is 12.4. The Morgan fingerprint density at radius 2 is 1.70 bits per heavy atom. The predicted octanol–water partition coefficient (Wildman–Crippen LogP) is 2.67. The van der Waals surface area contributed by atoms with Gasteiger partial charge in [0.1, 0.15) is 0 Å². The van der Waals surface area contributed by atoms with E-state index < -0.39 is 5.76 Å². The van der Waals surface area contributed by atoms with E-state index in [-0.39, 0.29) is 5.78 Å². The lowest BCUT2D eigenvalue weighted by molar-refractivity contribution is 0.103. The molecule has 3 rings (SSSR count). The van der Waals surface area contributed by atoms with Crippen LogP contribution >= 0.6 is 0 Å². The van der Waals surface area contributed by atoms with Gasteiger partial charge in [-0.05, 0) is 25.1 Å². The van der Waals surface area contributed by atoms with Crippen molar-refractivity contribution in [3.8, 4) is 0 Å². The fraction of sp³-hybridized carbons (Fsp3) is 0.125. The molecule has 4 heteroatoms. The molecule has 0 saturated carbocycles. The summed E-state index contributed by atoms with van der Waals surface area (Å²) >= 11 is 0. The van der Waals surface area contributed by atoms with Crippen LogP contribution in [0, 0.1) is 6.92 Å². The van der Waals surface area contributed by atoms with Gasteiger partial charge in [-0.15, -0.1) is 0 Å². The van der Waals surface area contributed by atoms with Crippen molar-refractivity contribution in [3.63, 3.8) is 0 Å². The number of nitrogens with zero attached hydrogens (tertiary/aromatic N) is 1. The van der Waals surface area contributed by atoms with Crippen LogP contribution in [0.2, 0.25) is 0 Å². The van der Waals surface area contributed by atoms with Gasteiger partial charge >= 0.3 is 5.76 Å². The monoisotopic (exact) mass is 267 g/mol. The average molecular weight is 267 g/mol. The minimum atomic E-state index is -0.431. The van der Waals surface area contributed by atoms with E-state index in [0.717, 1.165) is 5.56 Å². The number of rotatable bonds is 2. The van der Waals surface area contributed by atoms with Crippen molar-refractivity contribution in [3.05, 3.63) is 69.7 Å². The Kier molecular flexibility index (Phi) is 2.79. The number of carbonyl (C=O) groups excluding carboxylic acids is 1.